The number of hydrogen-bond acceptors (Lipinski definition) is 4. The first-order chi connectivity index (χ1) is 9.36. The summed E-state index contributed by atoms with van der Waals surface area (Å²) in [5.41, 5.74) is 7.34. The molecule has 0 unspecified atom stereocenters. The second-order valence-corrected chi connectivity index (χ2v) is 7.26. The average Bonchev–Trinajstić information content (AvgIpc) is 2.39. The molecule has 2 rings (SSSR count). The number of hydrogen-bond donors (Lipinski definition) is 1. The normalized spacial score (nSPS) is 11.3. The number of sulfone groups is 1. The molecule has 0 radical (unpaired) electrons. The van der Waals surface area contributed by atoms with Crippen LogP contribution in [0.1, 0.15) is 5.56 Å². The molecule has 0 saturated heterocycles. The minimum atomic E-state index is -3.23. The maximum atomic E-state index is 11.5. The molecular formula is C14H14BrNO3S. The van der Waals surface area contributed by atoms with Gasteiger partial charge in [-0.2, -0.15) is 0 Å². The number of nitrogens with two attached hydrogens (primary N) is 1. The highest BCUT2D eigenvalue weighted by Crippen LogP contribution is 2.22. The first-order valence-corrected chi connectivity index (χ1v) is 8.51. The average molecular weight is 356 g/mol. The molecule has 20 heavy (non-hydrogen) atoms. The number of nitrogen functional groups attached to an aromatic ring is 1. The van der Waals surface area contributed by atoms with Crippen molar-refractivity contribution in [2.45, 2.75) is 11.5 Å². The van der Waals surface area contributed by atoms with Crippen LogP contribution in [0.25, 0.3) is 0 Å². The lowest BCUT2D eigenvalue weighted by Crippen LogP contribution is -2.00. The van der Waals surface area contributed by atoms with E-state index in [0.29, 0.717) is 18.0 Å². The van der Waals surface area contributed by atoms with Crippen molar-refractivity contribution < 1.29 is 13.2 Å². The van der Waals surface area contributed by atoms with E-state index in [1.165, 1.54) is 12.3 Å². The third-order valence-corrected chi connectivity index (χ3v) is 4.53. The highest BCUT2D eigenvalue weighted by molar-refractivity contribution is 9.10. The highest BCUT2D eigenvalue weighted by Gasteiger charge is 2.08. The van der Waals surface area contributed by atoms with E-state index in [1.54, 1.807) is 18.2 Å². The van der Waals surface area contributed by atoms with Gasteiger partial charge < -0.3 is 10.5 Å². The van der Waals surface area contributed by atoms with Crippen LogP contribution in [0, 0.1) is 0 Å². The topological polar surface area (TPSA) is 69.4 Å². The predicted molar refractivity (Wildman–Crippen MR) is 82.4 cm³/mol. The minimum absolute atomic E-state index is 0.241. The molecule has 0 amide bonds. The lowest BCUT2D eigenvalue weighted by atomic mass is 10.2. The van der Waals surface area contributed by atoms with Crippen LogP contribution in [0.4, 0.5) is 5.69 Å². The summed E-state index contributed by atoms with van der Waals surface area (Å²) >= 11 is 3.32. The van der Waals surface area contributed by atoms with Gasteiger partial charge in [-0.1, -0.05) is 12.1 Å². The molecule has 2 N–H and O–H groups in total. The van der Waals surface area contributed by atoms with Crippen LogP contribution in [-0.4, -0.2) is 14.7 Å². The zero-order valence-corrected chi connectivity index (χ0v) is 13.2. The van der Waals surface area contributed by atoms with Crippen molar-refractivity contribution in [3.8, 4) is 5.75 Å². The summed E-state index contributed by atoms with van der Waals surface area (Å²) < 4.78 is 29.3. The van der Waals surface area contributed by atoms with Crippen molar-refractivity contribution in [3.05, 3.63) is 52.5 Å². The summed E-state index contributed by atoms with van der Waals surface area (Å²) in [5.74, 6) is 0.509. The summed E-state index contributed by atoms with van der Waals surface area (Å²) in [6.45, 7) is 0.324. The molecule has 106 valence electrons. The van der Waals surface area contributed by atoms with Gasteiger partial charge in [-0.05, 0) is 51.8 Å². The maximum Gasteiger partial charge on any atom is 0.175 e. The summed E-state index contributed by atoms with van der Waals surface area (Å²) in [6, 6.07) is 12.0. The molecule has 6 heteroatoms. The first kappa shape index (κ1) is 14.9. The van der Waals surface area contributed by atoms with Gasteiger partial charge in [0.15, 0.2) is 9.84 Å². The van der Waals surface area contributed by atoms with Gasteiger partial charge in [0.2, 0.25) is 0 Å². The SMILES string of the molecule is CS(=O)(=O)c1cccc(OCc2ccc(Br)c(N)c2)c1. The Balaban J connectivity index is 2.13. The molecule has 2 aromatic carbocycles. The van der Waals surface area contributed by atoms with E-state index in [9.17, 15) is 8.42 Å². The third kappa shape index (κ3) is 3.74. The molecule has 0 bridgehead atoms. The fourth-order valence-electron chi connectivity index (χ4n) is 1.64. The Hall–Kier alpha value is -1.53. The van der Waals surface area contributed by atoms with Crippen LogP contribution in [0.2, 0.25) is 0 Å². The molecule has 0 spiro atoms. The number of benzene rings is 2. The van der Waals surface area contributed by atoms with Gasteiger partial charge in [0.25, 0.3) is 0 Å². The van der Waals surface area contributed by atoms with Crippen LogP contribution in [0.3, 0.4) is 0 Å². The van der Waals surface area contributed by atoms with E-state index >= 15 is 0 Å². The van der Waals surface area contributed by atoms with Crippen LogP contribution >= 0.6 is 15.9 Å². The standard InChI is InChI=1S/C14H14BrNO3S/c1-20(17,18)12-4-2-3-11(8-12)19-9-10-5-6-13(15)14(16)7-10/h2-8H,9,16H2,1H3. The fraction of sp³-hybridized carbons (Fsp3) is 0.143. The molecule has 4 nitrogen and oxygen atoms in total. The van der Waals surface area contributed by atoms with Gasteiger partial charge in [-0.15, -0.1) is 0 Å². The molecule has 0 fully saturated rings. The molecule has 0 aliphatic carbocycles. The molecule has 0 saturated carbocycles. The predicted octanol–water partition coefficient (Wildman–Crippen LogP) is 3.01. The van der Waals surface area contributed by atoms with Crippen LogP contribution in [0.5, 0.6) is 5.75 Å². The van der Waals surface area contributed by atoms with Crippen molar-refractivity contribution in [2.75, 3.05) is 12.0 Å². The lowest BCUT2D eigenvalue weighted by Gasteiger charge is -2.08. The van der Waals surface area contributed by atoms with Gasteiger partial charge in [-0.3, -0.25) is 0 Å². The minimum Gasteiger partial charge on any atom is -0.489 e. The smallest absolute Gasteiger partial charge is 0.175 e. The van der Waals surface area contributed by atoms with Gasteiger partial charge in [0.05, 0.1) is 4.90 Å². The van der Waals surface area contributed by atoms with E-state index in [4.69, 9.17) is 10.5 Å². The summed E-state index contributed by atoms with van der Waals surface area (Å²) in [7, 11) is -3.23. The largest absolute Gasteiger partial charge is 0.489 e. The Bertz CT molecular complexity index is 729. The lowest BCUT2D eigenvalue weighted by molar-refractivity contribution is 0.305. The van der Waals surface area contributed by atoms with E-state index in [2.05, 4.69) is 15.9 Å². The molecular weight excluding hydrogens is 342 g/mol. The summed E-state index contributed by atoms with van der Waals surface area (Å²) in [4.78, 5) is 0.241. The van der Waals surface area contributed by atoms with Gasteiger partial charge in [-0.25, -0.2) is 8.42 Å². The quantitative estimate of drug-likeness (QED) is 0.855. The van der Waals surface area contributed by atoms with Crippen molar-refractivity contribution >= 4 is 31.5 Å². The Morgan fingerprint density at radius 1 is 1.20 bits per heavy atom. The Labute approximate surface area is 126 Å². The van der Waals surface area contributed by atoms with Crippen molar-refractivity contribution in [2.24, 2.45) is 0 Å². The van der Waals surface area contributed by atoms with Crippen LogP contribution < -0.4 is 10.5 Å². The van der Waals surface area contributed by atoms with Crippen molar-refractivity contribution in [1.29, 1.82) is 0 Å². The summed E-state index contributed by atoms with van der Waals surface area (Å²) in [6.07, 6.45) is 1.17. The zero-order chi connectivity index (χ0) is 14.8. The fourth-order valence-corrected chi connectivity index (χ4v) is 2.55. The molecule has 0 aliphatic rings. The van der Waals surface area contributed by atoms with E-state index in [-0.39, 0.29) is 4.90 Å². The van der Waals surface area contributed by atoms with Gasteiger partial charge >= 0.3 is 0 Å². The Morgan fingerprint density at radius 2 is 1.95 bits per heavy atom. The van der Waals surface area contributed by atoms with Crippen LogP contribution in [0.15, 0.2) is 51.8 Å². The number of ether oxygens (including phenoxy) is 1. The number of rotatable bonds is 4. The molecule has 0 heterocycles. The van der Waals surface area contributed by atoms with Crippen LogP contribution in [-0.2, 0) is 16.4 Å². The van der Waals surface area contributed by atoms with E-state index in [1.807, 2.05) is 18.2 Å². The Morgan fingerprint density at radius 3 is 2.60 bits per heavy atom. The van der Waals surface area contributed by atoms with E-state index in [0.717, 1.165) is 10.0 Å². The third-order valence-electron chi connectivity index (χ3n) is 2.70. The molecule has 0 atom stereocenters. The summed E-state index contributed by atoms with van der Waals surface area (Å²) in [5, 5.41) is 0. The molecule has 0 aliphatic heterocycles. The number of anilines is 1. The first-order valence-electron chi connectivity index (χ1n) is 5.83. The second kappa shape index (κ2) is 5.85. The highest BCUT2D eigenvalue weighted by atomic mass is 79.9. The molecule has 0 aromatic heterocycles. The second-order valence-electron chi connectivity index (χ2n) is 4.39. The van der Waals surface area contributed by atoms with Crippen molar-refractivity contribution in [3.63, 3.8) is 0 Å². The maximum absolute atomic E-state index is 11.5. The van der Waals surface area contributed by atoms with Crippen molar-refractivity contribution in [1.82, 2.24) is 0 Å². The van der Waals surface area contributed by atoms with Gasteiger partial charge in [0.1, 0.15) is 12.4 Å². The Kier molecular flexibility index (Phi) is 4.35. The van der Waals surface area contributed by atoms with E-state index < -0.39 is 9.84 Å². The monoisotopic (exact) mass is 355 g/mol. The van der Waals surface area contributed by atoms with Gasteiger partial charge in [0, 0.05) is 16.4 Å². The number of halogens is 1. The zero-order valence-electron chi connectivity index (χ0n) is 10.8. The molecule has 2 aromatic rings.